The Balaban J connectivity index is 2.04. The third kappa shape index (κ3) is 5.22. The van der Waals surface area contributed by atoms with Crippen molar-refractivity contribution in [3.05, 3.63) is 70.3 Å². The molecular formula is C23H28O3. The van der Waals surface area contributed by atoms with Gasteiger partial charge in [0.25, 0.3) is 0 Å². The molecule has 0 aliphatic heterocycles. The second-order valence-electron chi connectivity index (χ2n) is 7.56. The van der Waals surface area contributed by atoms with Gasteiger partial charge in [0.2, 0.25) is 0 Å². The minimum absolute atomic E-state index is 0.101. The Morgan fingerprint density at radius 3 is 2.31 bits per heavy atom. The highest BCUT2D eigenvalue weighted by atomic mass is 16.5. The van der Waals surface area contributed by atoms with Gasteiger partial charge in [-0.2, -0.15) is 0 Å². The minimum Gasteiger partial charge on any atom is -0.497 e. The van der Waals surface area contributed by atoms with Gasteiger partial charge in [0.1, 0.15) is 12.4 Å². The molecule has 0 N–H and O–H groups in total. The average Bonchev–Trinajstić information content (AvgIpc) is 2.58. The van der Waals surface area contributed by atoms with Crippen LogP contribution in [0.1, 0.15) is 48.6 Å². The third-order valence-corrected chi connectivity index (χ3v) is 4.43. The van der Waals surface area contributed by atoms with E-state index in [4.69, 9.17) is 9.47 Å². The van der Waals surface area contributed by atoms with Crippen LogP contribution < -0.4 is 4.74 Å². The summed E-state index contributed by atoms with van der Waals surface area (Å²) in [6.07, 6.45) is 3.18. The van der Waals surface area contributed by atoms with Crippen molar-refractivity contribution in [1.29, 1.82) is 0 Å². The van der Waals surface area contributed by atoms with Crippen molar-refractivity contribution in [2.75, 3.05) is 7.11 Å². The first-order valence-corrected chi connectivity index (χ1v) is 8.80. The molecule has 0 aliphatic rings. The first kappa shape index (κ1) is 19.8. The molecule has 0 saturated carbocycles. The molecule has 3 nitrogen and oxygen atoms in total. The van der Waals surface area contributed by atoms with Crippen LogP contribution in [0.5, 0.6) is 5.75 Å². The number of esters is 1. The largest absolute Gasteiger partial charge is 0.497 e. The van der Waals surface area contributed by atoms with Crippen LogP contribution in [-0.4, -0.2) is 13.1 Å². The Hall–Kier alpha value is -2.55. The van der Waals surface area contributed by atoms with Gasteiger partial charge in [-0.15, -0.1) is 0 Å². The molecule has 0 bridgehead atoms. The zero-order valence-electron chi connectivity index (χ0n) is 16.6. The zero-order valence-corrected chi connectivity index (χ0v) is 16.6. The maximum atomic E-state index is 12.1. The van der Waals surface area contributed by atoms with Crippen molar-refractivity contribution in [3.8, 4) is 5.75 Å². The Morgan fingerprint density at radius 2 is 1.73 bits per heavy atom. The average molecular weight is 352 g/mol. The number of carbonyl (C=O) groups excluding carboxylic acids is 1. The molecule has 0 heterocycles. The first-order valence-electron chi connectivity index (χ1n) is 8.80. The molecule has 2 aromatic carbocycles. The summed E-state index contributed by atoms with van der Waals surface area (Å²) in [5, 5.41) is 0. The summed E-state index contributed by atoms with van der Waals surface area (Å²) >= 11 is 0. The normalized spacial score (nSPS) is 11.6. The van der Waals surface area contributed by atoms with Gasteiger partial charge in [0.15, 0.2) is 0 Å². The second-order valence-corrected chi connectivity index (χ2v) is 7.56. The van der Waals surface area contributed by atoms with E-state index in [0.29, 0.717) is 0 Å². The fourth-order valence-corrected chi connectivity index (χ4v) is 2.75. The molecule has 26 heavy (non-hydrogen) atoms. The molecule has 0 atom stereocenters. The molecule has 0 spiro atoms. The van der Waals surface area contributed by atoms with E-state index < -0.39 is 0 Å². The van der Waals surface area contributed by atoms with Crippen LogP contribution in [0.3, 0.4) is 0 Å². The van der Waals surface area contributed by atoms with Gasteiger partial charge in [0, 0.05) is 6.08 Å². The maximum absolute atomic E-state index is 12.1. The van der Waals surface area contributed by atoms with Gasteiger partial charge < -0.3 is 9.47 Å². The molecule has 3 heteroatoms. The Bertz CT molecular complexity index is 787. The van der Waals surface area contributed by atoms with E-state index in [1.165, 1.54) is 11.6 Å². The van der Waals surface area contributed by atoms with Gasteiger partial charge in [-0.25, -0.2) is 4.79 Å². The number of aryl methyl sites for hydroxylation is 2. The molecule has 0 radical (unpaired) electrons. The second kappa shape index (κ2) is 8.22. The lowest BCUT2D eigenvalue weighted by atomic mass is 9.84. The van der Waals surface area contributed by atoms with Crippen LogP contribution in [0.15, 0.2) is 42.5 Å². The van der Waals surface area contributed by atoms with Crippen LogP contribution in [-0.2, 0) is 21.6 Å². The fraction of sp³-hybridized carbons (Fsp3) is 0.348. The van der Waals surface area contributed by atoms with Crippen LogP contribution in [0, 0.1) is 13.8 Å². The zero-order chi connectivity index (χ0) is 19.3. The number of rotatable bonds is 5. The van der Waals surface area contributed by atoms with Crippen molar-refractivity contribution in [2.45, 2.75) is 46.6 Å². The Morgan fingerprint density at radius 1 is 1.08 bits per heavy atom. The topological polar surface area (TPSA) is 35.5 Å². The molecule has 138 valence electrons. The predicted octanol–water partition coefficient (Wildman–Crippen LogP) is 5.37. The monoisotopic (exact) mass is 352 g/mol. The smallest absolute Gasteiger partial charge is 0.331 e. The summed E-state index contributed by atoms with van der Waals surface area (Å²) in [6.45, 7) is 11.0. The van der Waals surface area contributed by atoms with Gasteiger partial charge in [0.05, 0.1) is 7.11 Å². The first-order chi connectivity index (χ1) is 12.2. The summed E-state index contributed by atoms with van der Waals surface area (Å²) in [6, 6.07) is 11.9. The van der Waals surface area contributed by atoms with Crippen molar-refractivity contribution in [1.82, 2.24) is 0 Å². The van der Waals surface area contributed by atoms with Crippen LogP contribution >= 0.6 is 0 Å². The number of methoxy groups -OCH3 is 1. The molecule has 0 saturated heterocycles. The van der Waals surface area contributed by atoms with Crippen molar-refractivity contribution in [2.24, 2.45) is 0 Å². The molecule has 2 rings (SSSR count). The molecule has 0 amide bonds. The predicted molar refractivity (Wildman–Crippen MR) is 106 cm³/mol. The van der Waals surface area contributed by atoms with E-state index in [1.807, 2.05) is 24.3 Å². The molecule has 0 fully saturated rings. The van der Waals surface area contributed by atoms with Gasteiger partial charge >= 0.3 is 5.97 Å². The number of hydrogen-bond acceptors (Lipinski definition) is 3. The molecule has 0 aromatic heterocycles. The van der Waals surface area contributed by atoms with Crippen molar-refractivity contribution < 1.29 is 14.3 Å². The van der Waals surface area contributed by atoms with E-state index in [-0.39, 0.29) is 18.0 Å². The fourth-order valence-electron chi connectivity index (χ4n) is 2.75. The van der Waals surface area contributed by atoms with Crippen molar-refractivity contribution >= 4 is 12.0 Å². The summed E-state index contributed by atoms with van der Waals surface area (Å²) < 4.78 is 10.6. The SMILES string of the molecule is COc1cccc(/C=C/C(=O)OCc2c(C)cc(C(C)(C)C)cc2C)c1. The quantitative estimate of drug-likeness (QED) is 0.536. The standard InChI is InChI=1S/C23H28O3/c1-16-12-19(23(3,4)5)13-17(2)21(16)15-26-22(24)11-10-18-8-7-9-20(14-18)25-6/h7-14H,15H2,1-6H3/b11-10+. The lowest BCUT2D eigenvalue weighted by Gasteiger charge is -2.22. The van der Waals surface area contributed by atoms with E-state index in [9.17, 15) is 4.79 Å². The number of carbonyl (C=O) groups is 1. The van der Waals surface area contributed by atoms with E-state index in [2.05, 4.69) is 46.8 Å². The van der Waals surface area contributed by atoms with E-state index in [0.717, 1.165) is 28.0 Å². The van der Waals surface area contributed by atoms with E-state index in [1.54, 1.807) is 13.2 Å². The Kier molecular flexibility index (Phi) is 6.25. The minimum atomic E-state index is -0.355. The van der Waals surface area contributed by atoms with Gasteiger partial charge in [-0.1, -0.05) is 45.0 Å². The highest BCUT2D eigenvalue weighted by Gasteiger charge is 2.16. The summed E-state index contributed by atoms with van der Waals surface area (Å²) in [4.78, 5) is 12.1. The van der Waals surface area contributed by atoms with E-state index >= 15 is 0 Å². The summed E-state index contributed by atoms with van der Waals surface area (Å²) in [5.41, 5.74) is 5.66. The highest BCUT2D eigenvalue weighted by Crippen LogP contribution is 2.27. The summed E-state index contributed by atoms with van der Waals surface area (Å²) in [5.74, 6) is 0.400. The molecular weight excluding hydrogens is 324 g/mol. The maximum Gasteiger partial charge on any atom is 0.331 e. The Labute approximate surface area is 156 Å². The van der Waals surface area contributed by atoms with Crippen LogP contribution in [0.2, 0.25) is 0 Å². The molecule has 2 aromatic rings. The molecule has 0 unspecified atom stereocenters. The highest BCUT2D eigenvalue weighted by molar-refractivity contribution is 5.87. The number of hydrogen-bond donors (Lipinski definition) is 0. The number of ether oxygens (including phenoxy) is 2. The molecule has 0 aliphatic carbocycles. The number of benzene rings is 2. The lowest BCUT2D eigenvalue weighted by molar-refractivity contribution is -0.138. The van der Waals surface area contributed by atoms with Crippen LogP contribution in [0.25, 0.3) is 6.08 Å². The van der Waals surface area contributed by atoms with Gasteiger partial charge in [-0.3, -0.25) is 0 Å². The third-order valence-electron chi connectivity index (χ3n) is 4.43. The van der Waals surface area contributed by atoms with Gasteiger partial charge in [-0.05, 0) is 65.3 Å². The lowest BCUT2D eigenvalue weighted by Crippen LogP contribution is -2.13. The van der Waals surface area contributed by atoms with Crippen LogP contribution in [0.4, 0.5) is 0 Å². The van der Waals surface area contributed by atoms with Crippen molar-refractivity contribution in [3.63, 3.8) is 0 Å². The summed E-state index contributed by atoms with van der Waals surface area (Å²) in [7, 11) is 1.62.